The minimum Gasteiger partial charge on any atom is -0.472 e. The number of rotatable bonds is 7. The van der Waals surface area contributed by atoms with Crippen LogP contribution < -0.4 is 5.32 Å². The summed E-state index contributed by atoms with van der Waals surface area (Å²) in [7, 11) is 2.28. The molecule has 0 aliphatic heterocycles. The van der Waals surface area contributed by atoms with Crippen LogP contribution in [0.2, 0.25) is 0 Å². The van der Waals surface area contributed by atoms with Crippen molar-refractivity contribution < 1.29 is 4.42 Å². The molecule has 1 saturated carbocycles. The van der Waals surface area contributed by atoms with Crippen molar-refractivity contribution in [2.75, 3.05) is 20.1 Å². The van der Waals surface area contributed by atoms with Gasteiger partial charge in [0.15, 0.2) is 0 Å². The molecule has 102 valence electrons. The standard InChI is InChI=1S/C15H26N2O/c1-17(15-6-3-2-4-7-15)10-5-9-16-12-14-8-11-18-13-14/h8,11,13,15-16H,2-7,9-10,12H2,1H3. The molecule has 0 spiro atoms. The first-order valence-corrected chi connectivity index (χ1v) is 7.28. The molecule has 1 aromatic heterocycles. The average Bonchev–Trinajstić information content (AvgIpc) is 2.92. The Balaban J connectivity index is 1.52. The highest BCUT2D eigenvalue weighted by Crippen LogP contribution is 2.21. The van der Waals surface area contributed by atoms with E-state index in [-0.39, 0.29) is 0 Å². The van der Waals surface area contributed by atoms with Gasteiger partial charge in [-0.2, -0.15) is 0 Å². The lowest BCUT2D eigenvalue weighted by Crippen LogP contribution is -2.35. The van der Waals surface area contributed by atoms with Crippen LogP contribution in [0.1, 0.15) is 44.1 Å². The van der Waals surface area contributed by atoms with E-state index in [9.17, 15) is 0 Å². The van der Waals surface area contributed by atoms with E-state index in [4.69, 9.17) is 4.42 Å². The summed E-state index contributed by atoms with van der Waals surface area (Å²) in [5.41, 5.74) is 1.23. The van der Waals surface area contributed by atoms with Crippen LogP contribution >= 0.6 is 0 Å². The van der Waals surface area contributed by atoms with Gasteiger partial charge in [0, 0.05) is 18.2 Å². The normalized spacial score (nSPS) is 17.4. The fourth-order valence-electron chi connectivity index (χ4n) is 2.78. The van der Waals surface area contributed by atoms with Gasteiger partial charge in [-0.15, -0.1) is 0 Å². The lowest BCUT2D eigenvalue weighted by molar-refractivity contribution is 0.189. The summed E-state index contributed by atoms with van der Waals surface area (Å²) in [6.07, 6.45) is 11.9. The third-order valence-corrected chi connectivity index (χ3v) is 3.97. The van der Waals surface area contributed by atoms with Crippen molar-refractivity contribution in [1.29, 1.82) is 0 Å². The molecule has 0 atom stereocenters. The largest absolute Gasteiger partial charge is 0.472 e. The van der Waals surface area contributed by atoms with Gasteiger partial charge in [-0.25, -0.2) is 0 Å². The van der Waals surface area contributed by atoms with Crippen LogP contribution in [0.15, 0.2) is 23.0 Å². The van der Waals surface area contributed by atoms with Crippen LogP contribution in [0.5, 0.6) is 0 Å². The summed E-state index contributed by atoms with van der Waals surface area (Å²) in [5, 5.41) is 3.46. The van der Waals surface area contributed by atoms with Gasteiger partial charge in [0.05, 0.1) is 12.5 Å². The maximum Gasteiger partial charge on any atom is 0.0947 e. The molecular weight excluding hydrogens is 224 g/mol. The number of nitrogens with zero attached hydrogens (tertiary/aromatic N) is 1. The van der Waals surface area contributed by atoms with E-state index in [2.05, 4.69) is 17.3 Å². The molecule has 0 amide bonds. The van der Waals surface area contributed by atoms with E-state index in [0.717, 1.165) is 19.1 Å². The molecule has 1 fully saturated rings. The Morgan fingerprint density at radius 3 is 2.89 bits per heavy atom. The Bertz CT molecular complexity index is 304. The molecule has 1 aliphatic carbocycles. The minimum atomic E-state index is 0.840. The fourth-order valence-corrected chi connectivity index (χ4v) is 2.78. The maximum absolute atomic E-state index is 5.04. The van der Waals surface area contributed by atoms with Gasteiger partial charge >= 0.3 is 0 Å². The van der Waals surface area contributed by atoms with E-state index >= 15 is 0 Å². The predicted octanol–water partition coefficient (Wildman–Crippen LogP) is 3.02. The molecule has 0 aromatic carbocycles. The van der Waals surface area contributed by atoms with Crippen molar-refractivity contribution in [1.82, 2.24) is 10.2 Å². The first-order valence-electron chi connectivity index (χ1n) is 7.28. The van der Waals surface area contributed by atoms with Crippen molar-refractivity contribution in [2.45, 2.75) is 51.1 Å². The van der Waals surface area contributed by atoms with Crippen LogP contribution in [0, 0.1) is 0 Å². The Morgan fingerprint density at radius 1 is 1.33 bits per heavy atom. The van der Waals surface area contributed by atoms with Gasteiger partial charge in [-0.3, -0.25) is 0 Å². The summed E-state index contributed by atoms with van der Waals surface area (Å²) in [6, 6.07) is 2.86. The van der Waals surface area contributed by atoms with Gasteiger partial charge in [-0.1, -0.05) is 19.3 Å². The Kier molecular flexibility index (Phi) is 5.75. The highest BCUT2D eigenvalue weighted by molar-refractivity contribution is 5.04. The van der Waals surface area contributed by atoms with Gasteiger partial charge in [0.1, 0.15) is 0 Å². The molecule has 0 radical (unpaired) electrons. The lowest BCUT2D eigenvalue weighted by Gasteiger charge is -2.31. The highest BCUT2D eigenvalue weighted by Gasteiger charge is 2.16. The van der Waals surface area contributed by atoms with E-state index < -0.39 is 0 Å². The smallest absolute Gasteiger partial charge is 0.0947 e. The number of hydrogen-bond donors (Lipinski definition) is 1. The molecule has 2 rings (SSSR count). The van der Waals surface area contributed by atoms with Gasteiger partial charge in [-0.05, 0) is 45.5 Å². The van der Waals surface area contributed by atoms with Crippen LogP contribution in [-0.4, -0.2) is 31.1 Å². The number of nitrogens with one attached hydrogen (secondary N) is 1. The molecule has 0 bridgehead atoms. The second-order valence-electron chi connectivity index (χ2n) is 5.43. The fraction of sp³-hybridized carbons (Fsp3) is 0.733. The first kappa shape index (κ1) is 13.6. The zero-order chi connectivity index (χ0) is 12.6. The van der Waals surface area contributed by atoms with Crippen molar-refractivity contribution in [3.05, 3.63) is 24.2 Å². The molecule has 1 aromatic rings. The Hall–Kier alpha value is -0.800. The van der Waals surface area contributed by atoms with E-state index in [0.29, 0.717) is 0 Å². The van der Waals surface area contributed by atoms with Crippen molar-refractivity contribution >= 4 is 0 Å². The third kappa shape index (κ3) is 4.46. The number of furan rings is 1. The maximum atomic E-state index is 5.04. The second kappa shape index (κ2) is 7.59. The monoisotopic (exact) mass is 250 g/mol. The van der Waals surface area contributed by atoms with Crippen LogP contribution in [0.3, 0.4) is 0 Å². The average molecular weight is 250 g/mol. The molecule has 3 heteroatoms. The molecule has 18 heavy (non-hydrogen) atoms. The quantitative estimate of drug-likeness (QED) is 0.754. The molecule has 1 heterocycles. The molecule has 3 nitrogen and oxygen atoms in total. The zero-order valence-electron chi connectivity index (χ0n) is 11.5. The van der Waals surface area contributed by atoms with Gasteiger partial charge in [0.25, 0.3) is 0 Å². The molecular formula is C15H26N2O. The zero-order valence-corrected chi connectivity index (χ0v) is 11.5. The first-order chi connectivity index (χ1) is 8.86. The van der Waals surface area contributed by atoms with E-state index in [1.54, 1.807) is 12.5 Å². The highest BCUT2D eigenvalue weighted by atomic mass is 16.3. The Morgan fingerprint density at radius 2 is 2.17 bits per heavy atom. The topological polar surface area (TPSA) is 28.4 Å². The van der Waals surface area contributed by atoms with Crippen LogP contribution in [-0.2, 0) is 6.54 Å². The van der Waals surface area contributed by atoms with E-state index in [1.165, 1.54) is 50.6 Å². The van der Waals surface area contributed by atoms with Crippen LogP contribution in [0.25, 0.3) is 0 Å². The van der Waals surface area contributed by atoms with E-state index in [1.807, 2.05) is 6.07 Å². The SMILES string of the molecule is CN(CCCNCc1ccoc1)C1CCCCC1. The summed E-state index contributed by atoms with van der Waals surface area (Å²) >= 11 is 0. The summed E-state index contributed by atoms with van der Waals surface area (Å²) in [5.74, 6) is 0. The molecule has 0 saturated heterocycles. The second-order valence-corrected chi connectivity index (χ2v) is 5.43. The summed E-state index contributed by atoms with van der Waals surface area (Å²) in [4.78, 5) is 2.55. The number of hydrogen-bond acceptors (Lipinski definition) is 3. The lowest BCUT2D eigenvalue weighted by atomic mass is 9.94. The predicted molar refractivity (Wildman–Crippen MR) is 74.5 cm³/mol. The molecule has 1 N–H and O–H groups in total. The van der Waals surface area contributed by atoms with Gasteiger partial charge in [0.2, 0.25) is 0 Å². The summed E-state index contributed by atoms with van der Waals surface area (Å²) < 4.78 is 5.04. The third-order valence-electron chi connectivity index (χ3n) is 3.97. The van der Waals surface area contributed by atoms with Crippen LogP contribution in [0.4, 0.5) is 0 Å². The molecule has 1 aliphatic rings. The minimum absolute atomic E-state index is 0.840. The van der Waals surface area contributed by atoms with Gasteiger partial charge < -0.3 is 14.6 Å². The van der Waals surface area contributed by atoms with Crippen molar-refractivity contribution in [3.8, 4) is 0 Å². The Labute approximate surface area is 111 Å². The van der Waals surface area contributed by atoms with Crippen molar-refractivity contribution in [3.63, 3.8) is 0 Å². The van der Waals surface area contributed by atoms with Crippen molar-refractivity contribution in [2.24, 2.45) is 0 Å². The molecule has 0 unspecified atom stereocenters. The summed E-state index contributed by atoms with van der Waals surface area (Å²) in [6.45, 7) is 3.22.